The Labute approximate surface area is 128 Å². The maximum Gasteiger partial charge on any atom is 0.256 e. The van der Waals surface area contributed by atoms with Gasteiger partial charge < -0.3 is 10.2 Å². The predicted molar refractivity (Wildman–Crippen MR) is 82.8 cm³/mol. The van der Waals surface area contributed by atoms with E-state index < -0.39 is 0 Å². The second-order valence-corrected chi connectivity index (χ2v) is 5.14. The molecule has 6 nitrogen and oxygen atoms in total. The molecule has 2 heterocycles. The highest BCUT2D eigenvalue weighted by Gasteiger charge is 2.22. The van der Waals surface area contributed by atoms with E-state index >= 15 is 0 Å². The molecule has 0 radical (unpaired) electrons. The van der Waals surface area contributed by atoms with Crippen molar-refractivity contribution in [2.75, 3.05) is 16.8 Å². The first-order valence-corrected chi connectivity index (χ1v) is 7.14. The van der Waals surface area contributed by atoms with Crippen LogP contribution in [0.4, 0.5) is 11.5 Å². The van der Waals surface area contributed by atoms with E-state index in [9.17, 15) is 9.59 Å². The molecule has 2 aromatic rings. The van der Waals surface area contributed by atoms with Gasteiger partial charge >= 0.3 is 0 Å². The number of amides is 2. The van der Waals surface area contributed by atoms with Gasteiger partial charge in [-0.2, -0.15) is 0 Å². The molecule has 0 atom stereocenters. The summed E-state index contributed by atoms with van der Waals surface area (Å²) in [5.74, 6) is 0.273. The number of hydrogen-bond donors (Lipinski definition) is 1. The lowest BCUT2D eigenvalue weighted by Crippen LogP contribution is -2.24. The highest BCUT2D eigenvalue weighted by Crippen LogP contribution is 2.22. The molecule has 0 unspecified atom stereocenters. The standard InChI is InChI=1S/C16H16N4O2/c1-11-15(18-8-7-17-11)19-16(22)12-4-2-5-13(10-12)20-9-3-6-14(20)21/h2,4-5,7-8,10H,3,6,9H2,1H3,(H,18,19,22). The molecule has 1 aromatic carbocycles. The molecule has 3 rings (SSSR count). The maximum absolute atomic E-state index is 12.3. The van der Waals surface area contributed by atoms with Crippen molar-refractivity contribution in [3.63, 3.8) is 0 Å². The minimum absolute atomic E-state index is 0.0994. The van der Waals surface area contributed by atoms with Crippen LogP contribution in [0.1, 0.15) is 28.9 Å². The Morgan fingerprint density at radius 1 is 1.27 bits per heavy atom. The normalized spacial score (nSPS) is 14.2. The highest BCUT2D eigenvalue weighted by molar-refractivity contribution is 6.05. The summed E-state index contributed by atoms with van der Waals surface area (Å²) in [5.41, 5.74) is 1.90. The van der Waals surface area contributed by atoms with Gasteiger partial charge in [0.1, 0.15) is 0 Å². The lowest BCUT2D eigenvalue weighted by molar-refractivity contribution is -0.117. The Bertz CT molecular complexity index is 730. The van der Waals surface area contributed by atoms with Crippen molar-refractivity contribution in [2.45, 2.75) is 19.8 Å². The van der Waals surface area contributed by atoms with Crippen molar-refractivity contribution >= 4 is 23.3 Å². The zero-order valence-electron chi connectivity index (χ0n) is 12.2. The number of benzene rings is 1. The summed E-state index contributed by atoms with van der Waals surface area (Å²) in [6.45, 7) is 2.48. The molecule has 0 bridgehead atoms. The van der Waals surface area contributed by atoms with Crippen LogP contribution in [0.15, 0.2) is 36.7 Å². The third kappa shape index (κ3) is 2.81. The van der Waals surface area contributed by atoms with Crippen molar-refractivity contribution in [3.05, 3.63) is 47.9 Å². The molecular weight excluding hydrogens is 280 g/mol. The zero-order chi connectivity index (χ0) is 15.5. The number of aryl methyl sites for hydroxylation is 1. The molecule has 1 N–H and O–H groups in total. The summed E-state index contributed by atoms with van der Waals surface area (Å²) in [6.07, 6.45) is 4.52. The largest absolute Gasteiger partial charge is 0.312 e. The van der Waals surface area contributed by atoms with Crippen LogP contribution in [0.2, 0.25) is 0 Å². The van der Waals surface area contributed by atoms with Crippen molar-refractivity contribution < 1.29 is 9.59 Å². The van der Waals surface area contributed by atoms with E-state index in [2.05, 4.69) is 15.3 Å². The lowest BCUT2D eigenvalue weighted by atomic mass is 10.1. The molecule has 1 fully saturated rings. The van der Waals surface area contributed by atoms with Crippen LogP contribution in [0.3, 0.4) is 0 Å². The van der Waals surface area contributed by atoms with E-state index in [4.69, 9.17) is 0 Å². The fourth-order valence-electron chi connectivity index (χ4n) is 2.45. The van der Waals surface area contributed by atoms with Gasteiger partial charge in [0.15, 0.2) is 5.82 Å². The fraction of sp³-hybridized carbons (Fsp3) is 0.250. The first-order valence-electron chi connectivity index (χ1n) is 7.14. The minimum atomic E-state index is -0.267. The summed E-state index contributed by atoms with van der Waals surface area (Å²) >= 11 is 0. The summed E-state index contributed by atoms with van der Waals surface area (Å²) in [4.78, 5) is 34.0. The number of aromatic nitrogens is 2. The predicted octanol–water partition coefficient (Wildman–Crippen LogP) is 2.16. The Balaban J connectivity index is 1.81. The molecule has 112 valence electrons. The topological polar surface area (TPSA) is 75.2 Å². The smallest absolute Gasteiger partial charge is 0.256 e. The van der Waals surface area contributed by atoms with Gasteiger partial charge in [0.2, 0.25) is 5.91 Å². The number of rotatable bonds is 3. The average Bonchev–Trinajstić information content (AvgIpc) is 2.96. The fourth-order valence-corrected chi connectivity index (χ4v) is 2.45. The van der Waals surface area contributed by atoms with E-state index in [0.717, 1.165) is 12.1 Å². The van der Waals surface area contributed by atoms with E-state index in [1.807, 2.05) is 6.07 Å². The monoisotopic (exact) mass is 296 g/mol. The number of nitrogens with one attached hydrogen (secondary N) is 1. The summed E-state index contributed by atoms with van der Waals surface area (Å²) in [7, 11) is 0. The summed E-state index contributed by atoms with van der Waals surface area (Å²) in [6, 6.07) is 7.06. The van der Waals surface area contributed by atoms with Gasteiger partial charge in [-0.1, -0.05) is 6.07 Å². The number of anilines is 2. The van der Waals surface area contributed by atoms with Gasteiger partial charge in [0.25, 0.3) is 5.91 Å². The van der Waals surface area contributed by atoms with Crippen molar-refractivity contribution in [1.82, 2.24) is 9.97 Å². The van der Waals surface area contributed by atoms with Crippen molar-refractivity contribution in [1.29, 1.82) is 0 Å². The van der Waals surface area contributed by atoms with Gasteiger partial charge in [-0.25, -0.2) is 4.98 Å². The molecule has 22 heavy (non-hydrogen) atoms. The molecule has 0 saturated carbocycles. The third-order valence-corrected chi connectivity index (χ3v) is 3.61. The van der Waals surface area contributed by atoms with Gasteiger partial charge in [-0.05, 0) is 31.5 Å². The van der Waals surface area contributed by atoms with Crippen LogP contribution >= 0.6 is 0 Å². The van der Waals surface area contributed by atoms with Gasteiger partial charge in [0, 0.05) is 36.6 Å². The summed E-state index contributed by atoms with van der Waals surface area (Å²) in [5, 5.41) is 2.74. The highest BCUT2D eigenvalue weighted by atomic mass is 16.2. The molecule has 1 aliphatic rings. The Kier molecular flexibility index (Phi) is 3.82. The first-order chi connectivity index (χ1) is 10.6. The number of carbonyl (C=O) groups is 2. The second kappa shape index (κ2) is 5.93. The molecule has 6 heteroatoms. The minimum Gasteiger partial charge on any atom is -0.312 e. The molecular formula is C16H16N4O2. The second-order valence-electron chi connectivity index (χ2n) is 5.14. The van der Waals surface area contributed by atoms with E-state index in [1.54, 1.807) is 36.2 Å². The van der Waals surface area contributed by atoms with Crippen LogP contribution in [-0.4, -0.2) is 28.3 Å². The zero-order valence-corrected chi connectivity index (χ0v) is 12.2. The molecule has 2 amide bonds. The number of carbonyl (C=O) groups excluding carboxylic acids is 2. The Hall–Kier alpha value is -2.76. The summed E-state index contributed by atoms with van der Waals surface area (Å²) < 4.78 is 0. The van der Waals surface area contributed by atoms with Crippen LogP contribution in [0.25, 0.3) is 0 Å². The van der Waals surface area contributed by atoms with E-state index in [-0.39, 0.29) is 11.8 Å². The SMILES string of the molecule is Cc1nccnc1NC(=O)c1cccc(N2CCCC2=O)c1. The Morgan fingerprint density at radius 3 is 2.82 bits per heavy atom. The maximum atomic E-state index is 12.3. The quantitative estimate of drug-likeness (QED) is 0.941. The van der Waals surface area contributed by atoms with Crippen molar-refractivity contribution in [3.8, 4) is 0 Å². The van der Waals surface area contributed by atoms with Gasteiger partial charge in [-0.15, -0.1) is 0 Å². The molecule has 1 aromatic heterocycles. The number of hydrogen-bond acceptors (Lipinski definition) is 4. The third-order valence-electron chi connectivity index (χ3n) is 3.61. The molecule has 1 aliphatic heterocycles. The lowest BCUT2D eigenvalue weighted by Gasteiger charge is -2.16. The van der Waals surface area contributed by atoms with E-state index in [1.165, 1.54) is 6.20 Å². The van der Waals surface area contributed by atoms with Crippen LogP contribution < -0.4 is 10.2 Å². The van der Waals surface area contributed by atoms with Crippen LogP contribution in [0, 0.1) is 6.92 Å². The van der Waals surface area contributed by atoms with Gasteiger partial charge in [-0.3, -0.25) is 14.6 Å². The number of nitrogens with zero attached hydrogens (tertiary/aromatic N) is 3. The first kappa shape index (κ1) is 14.2. The van der Waals surface area contributed by atoms with Crippen LogP contribution in [0.5, 0.6) is 0 Å². The molecule has 1 saturated heterocycles. The van der Waals surface area contributed by atoms with E-state index in [0.29, 0.717) is 30.0 Å². The van der Waals surface area contributed by atoms with Crippen molar-refractivity contribution in [2.24, 2.45) is 0 Å². The Morgan fingerprint density at radius 2 is 2.09 bits per heavy atom. The van der Waals surface area contributed by atoms with Crippen LogP contribution in [-0.2, 0) is 4.79 Å². The molecule has 0 spiro atoms. The average molecular weight is 296 g/mol. The van der Waals surface area contributed by atoms with Gasteiger partial charge in [0.05, 0.1) is 5.69 Å². The molecule has 0 aliphatic carbocycles.